The van der Waals surface area contributed by atoms with Crippen LogP contribution in [0.4, 0.5) is 0 Å². The van der Waals surface area contributed by atoms with E-state index >= 15 is 0 Å². The molecule has 1 unspecified atom stereocenters. The molecular weight excluding hydrogens is 335 g/mol. The molecule has 0 spiro atoms. The Hall–Kier alpha value is -1.60. The molecule has 2 fully saturated rings. The molecule has 0 aromatic carbocycles. The molecule has 1 atom stereocenters. The molecule has 7 heteroatoms. The summed E-state index contributed by atoms with van der Waals surface area (Å²) in [5.74, 6) is -1.25. The molecule has 1 aliphatic heterocycles. The number of carbonyl (C=O) groups is 2. The summed E-state index contributed by atoms with van der Waals surface area (Å²) in [5, 5.41) is 0. The highest BCUT2D eigenvalue weighted by Gasteiger charge is 2.54. The quantitative estimate of drug-likeness (QED) is 0.323. The van der Waals surface area contributed by atoms with Crippen molar-refractivity contribution in [3.63, 3.8) is 0 Å². The molecule has 0 N–H and O–H groups in total. The van der Waals surface area contributed by atoms with Gasteiger partial charge in [0.05, 0.1) is 25.4 Å². The van der Waals surface area contributed by atoms with Crippen molar-refractivity contribution < 1.29 is 28.4 Å². The molecule has 0 aromatic rings. The zero-order valence-electron chi connectivity index (χ0n) is 16.6. The molecule has 2 aliphatic rings. The second-order valence-corrected chi connectivity index (χ2v) is 8.06. The van der Waals surface area contributed by atoms with Gasteiger partial charge >= 0.3 is 19.1 Å². The van der Waals surface area contributed by atoms with E-state index in [0.717, 1.165) is 5.57 Å². The van der Waals surface area contributed by atoms with E-state index in [2.05, 4.69) is 6.58 Å². The fourth-order valence-corrected chi connectivity index (χ4v) is 3.52. The van der Waals surface area contributed by atoms with Crippen LogP contribution in [0.3, 0.4) is 0 Å². The number of rotatable bonds is 5. The molecule has 1 saturated carbocycles. The number of hydrogen-bond donors (Lipinski definition) is 0. The standard InChI is InChI=1S/C19H29BO6/c1-13-11-19(15(21)23-6,16(22)24-7)12-14(13)9-8-10-20-25-17(2,3)18(4,5)26-20/h8-9,14H,1,10-12H2,2-7H3/b9-8+. The van der Waals surface area contributed by atoms with E-state index in [-0.39, 0.29) is 30.7 Å². The topological polar surface area (TPSA) is 71.1 Å². The van der Waals surface area contributed by atoms with Crippen molar-refractivity contribution in [3.05, 3.63) is 24.3 Å². The number of carbonyl (C=O) groups excluding carboxylic acids is 2. The summed E-state index contributed by atoms with van der Waals surface area (Å²) in [4.78, 5) is 24.5. The third kappa shape index (κ3) is 3.60. The van der Waals surface area contributed by atoms with Crippen LogP contribution >= 0.6 is 0 Å². The Morgan fingerprint density at radius 1 is 1.15 bits per heavy atom. The predicted molar refractivity (Wildman–Crippen MR) is 98.4 cm³/mol. The van der Waals surface area contributed by atoms with Gasteiger partial charge in [0.2, 0.25) is 0 Å². The van der Waals surface area contributed by atoms with Gasteiger partial charge in [0.1, 0.15) is 0 Å². The van der Waals surface area contributed by atoms with Crippen LogP contribution in [0.1, 0.15) is 40.5 Å². The maximum absolute atomic E-state index is 12.2. The van der Waals surface area contributed by atoms with Crippen molar-refractivity contribution in [1.29, 1.82) is 0 Å². The van der Waals surface area contributed by atoms with Crippen molar-refractivity contribution in [2.75, 3.05) is 14.2 Å². The van der Waals surface area contributed by atoms with Gasteiger partial charge in [-0.25, -0.2) is 0 Å². The Morgan fingerprint density at radius 3 is 2.12 bits per heavy atom. The number of esters is 2. The molecule has 6 nitrogen and oxygen atoms in total. The van der Waals surface area contributed by atoms with Gasteiger partial charge in [0.15, 0.2) is 5.41 Å². The summed E-state index contributed by atoms with van der Waals surface area (Å²) in [7, 11) is 2.23. The lowest BCUT2D eigenvalue weighted by atomic mass is 9.83. The molecular formula is C19H29BO6. The number of hydrogen-bond acceptors (Lipinski definition) is 6. The van der Waals surface area contributed by atoms with Crippen molar-refractivity contribution >= 4 is 19.1 Å². The maximum Gasteiger partial charge on any atom is 0.461 e. The van der Waals surface area contributed by atoms with Crippen LogP contribution in [0, 0.1) is 11.3 Å². The summed E-state index contributed by atoms with van der Waals surface area (Å²) in [5.41, 5.74) is -1.23. The van der Waals surface area contributed by atoms with Crippen molar-refractivity contribution in [3.8, 4) is 0 Å². The predicted octanol–water partition coefficient (Wildman–Crippen LogP) is 2.93. The van der Waals surface area contributed by atoms with E-state index in [4.69, 9.17) is 18.8 Å². The van der Waals surface area contributed by atoms with Crippen LogP contribution in [0.25, 0.3) is 0 Å². The molecule has 1 aliphatic carbocycles. The van der Waals surface area contributed by atoms with Crippen LogP contribution in [0.15, 0.2) is 24.3 Å². The lowest BCUT2D eigenvalue weighted by Crippen LogP contribution is -2.41. The Labute approximate surface area is 156 Å². The van der Waals surface area contributed by atoms with Crippen molar-refractivity contribution in [2.24, 2.45) is 11.3 Å². The average Bonchev–Trinajstić information content (AvgIpc) is 3.00. The first kappa shape index (κ1) is 20.7. The highest BCUT2D eigenvalue weighted by Crippen LogP contribution is 2.47. The van der Waals surface area contributed by atoms with Gasteiger partial charge in [-0.05, 0) is 46.5 Å². The molecule has 1 heterocycles. The van der Waals surface area contributed by atoms with Gasteiger partial charge in [-0.15, -0.1) is 0 Å². The largest absolute Gasteiger partial charge is 0.468 e. The number of methoxy groups -OCH3 is 2. The van der Waals surface area contributed by atoms with E-state index in [0.29, 0.717) is 12.7 Å². The van der Waals surface area contributed by atoms with Crippen molar-refractivity contribution in [2.45, 2.75) is 58.1 Å². The minimum atomic E-state index is -1.31. The van der Waals surface area contributed by atoms with Gasteiger partial charge in [0.25, 0.3) is 0 Å². The molecule has 0 aromatic heterocycles. The van der Waals surface area contributed by atoms with E-state index in [1.807, 2.05) is 39.8 Å². The highest BCUT2D eigenvalue weighted by atomic mass is 16.7. The first-order chi connectivity index (χ1) is 12.0. The normalized spacial score (nSPS) is 26.3. The van der Waals surface area contributed by atoms with E-state index in [9.17, 15) is 9.59 Å². The fourth-order valence-electron chi connectivity index (χ4n) is 3.52. The molecule has 0 radical (unpaired) electrons. The van der Waals surface area contributed by atoms with Crippen molar-refractivity contribution in [1.82, 2.24) is 0 Å². The molecule has 1 saturated heterocycles. The smallest absolute Gasteiger partial charge is 0.461 e. The number of ether oxygens (including phenoxy) is 2. The van der Waals surface area contributed by atoms with E-state index in [1.54, 1.807) is 0 Å². The zero-order valence-corrected chi connectivity index (χ0v) is 16.6. The molecule has 0 amide bonds. The van der Waals surface area contributed by atoms with Gasteiger partial charge in [-0.2, -0.15) is 0 Å². The molecule has 0 bridgehead atoms. The van der Waals surface area contributed by atoms with E-state index < -0.39 is 17.4 Å². The van der Waals surface area contributed by atoms with Gasteiger partial charge in [0, 0.05) is 6.32 Å². The van der Waals surface area contributed by atoms with E-state index in [1.165, 1.54) is 14.2 Å². The van der Waals surface area contributed by atoms with Crippen LogP contribution in [0.2, 0.25) is 6.32 Å². The third-order valence-electron chi connectivity index (χ3n) is 5.77. The Kier molecular flexibility index (Phi) is 5.73. The van der Waals surface area contributed by atoms with Crippen LogP contribution < -0.4 is 0 Å². The monoisotopic (exact) mass is 364 g/mol. The second-order valence-electron chi connectivity index (χ2n) is 8.06. The first-order valence-corrected chi connectivity index (χ1v) is 8.86. The van der Waals surface area contributed by atoms with Crippen LogP contribution in [0.5, 0.6) is 0 Å². The third-order valence-corrected chi connectivity index (χ3v) is 5.77. The SMILES string of the molecule is C=C1CC(C(=O)OC)(C(=O)OC)CC1/C=C/CB1OC(C)(C)C(C)(C)O1. The second kappa shape index (κ2) is 7.20. The van der Waals surface area contributed by atoms with Gasteiger partial charge < -0.3 is 18.8 Å². The summed E-state index contributed by atoms with van der Waals surface area (Å²) in [6.07, 6.45) is 5.03. The average molecular weight is 364 g/mol. The minimum Gasteiger partial charge on any atom is -0.468 e. The molecule has 2 rings (SSSR count). The molecule has 144 valence electrons. The Bertz CT molecular complexity index is 590. The molecule has 26 heavy (non-hydrogen) atoms. The fraction of sp³-hybridized carbons (Fsp3) is 0.684. The Morgan fingerprint density at radius 2 is 1.65 bits per heavy atom. The summed E-state index contributed by atoms with van der Waals surface area (Å²) in [6, 6.07) is 0. The maximum atomic E-state index is 12.2. The van der Waals surface area contributed by atoms with Gasteiger partial charge in [-0.3, -0.25) is 9.59 Å². The highest BCUT2D eigenvalue weighted by molar-refractivity contribution is 6.46. The van der Waals surface area contributed by atoms with Crippen LogP contribution in [-0.4, -0.2) is 44.5 Å². The van der Waals surface area contributed by atoms with Gasteiger partial charge in [-0.1, -0.05) is 24.3 Å². The number of allylic oxidation sites excluding steroid dienone is 3. The lowest BCUT2D eigenvalue weighted by molar-refractivity contribution is -0.168. The summed E-state index contributed by atoms with van der Waals surface area (Å²) in [6.45, 7) is 12.1. The Balaban J connectivity index is 2.04. The summed E-state index contributed by atoms with van der Waals surface area (Å²) >= 11 is 0. The summed E-state index contributed by atoms with van der Waals surface area (Å²) < 4.78 is 21.6. The zero-order chi connectivity index (χ0) is 19.8. The first-order valence-electron chi connectivity index (χ1n) is 8.86. The lowest BCUT2D eigenvalue weighted by Gasteiger charge is -2.32. The minimum absolute atomic E-state index is 0.101. The van der Waals surface area contributed by atoms with Crippen LogP contribution in [-0.2, 0) is 28.4 Å².